The van der Waals surface area contributed by atoms with Crippen LogP contribution in [0.25, 0.3) is 5.69 Å². The van der Waals surface area contributed by atoms with E-state index in [4.69, 9.17) is 4.74 Å². The molecule has 0 N–H and O–H groups in total. The number of rotatable bonds is 7. The zero-order chi connectivity index (χ0) is 21.8. The number of ether oxygens (including phenoxy) is 1. The number of anilines is 1. The van der Waals surface area contributed by atoms with E-state index >= 15 is 0 Å². The fourth-order valence-electron chi connectivity index (χ4n) is 3.22. The Kier molecular flexibility index (Phi) is 5.77. The average Bonchev–Trinajstić information content (AvgIpc) is 3.28. The van der Waals surface area contributed by atoms with Crippen molar-refractivity contribution in [3.63, 3.8) is 0 Å². The SMILES string of the molecule is COc1ccc(-n2cc(N(Cc3ccccc3)S(=O)(=O)c3ccc(C)cc3)cn2)cc1. The molecular weight excluding hydrogens is 410 g/mol. The summed E-state index contributed by atoms with van der Waals surface area (Å²) in [4.78, 5) is 0.242. The van der Waals surface area contributed by atoms with Gasteiger partial charge in [-0.3, -0.25) is 4.31 Å². The zero-order valence-electron chi connectivity index (χ0n) is 17.3. The molecular formula is C24H23N3O3S. The third-order valence-electron chi connectivity index (χ3n) is 4.97. The molecule has 0 amide bonds. The van der Waals surface area contributed by atoms with E-state index in [1.807, 2.05) is 61.5 Å². The van der Waals surface area contributed by atoms with Crippen molar-refractivity contribution in [1.29, 1.82) is 0 Å². The van der Waals surface area contributed by atoms with Crippen molar-refractivity contribution in [2.24, 2.45) is 0 Å². The fourth-order valence-corrected chi connectivity index (χ4v) is 4.65. The van der Waals surface area contributed by atoms with Crippen LogP contribution in [0.1, 0.15) is 11.1 Å². The highest BCUT2D eigenvalue weighted by molar-refractivity contribution is 7.92. The molecule has 0 radical (unpaired) electrons. The Morgan fingerprint density at radius 2 is 1.61 bits per heavy atom. The van der Waals surface area contributed by atoms with E-state index < -0.39 is 10.0 Å². The lowest BCUT2D eigenvalue weighted by atomic mass is 10.2. The Morgan fingerprint density at radius 3 is 2.26 bits per heavy atom. The number of benzene rings is 3. The second kappa shape index (κ2) is 8.65. The van der Waals surface area contributed by atoms with Crippen LogP contribution in [0.3, 0.4) is 0 Å². The molecule has 31 heavy (non-hydrogen) atoms. The summed E-state index contributed by atoms with van der Waals surface area (Å²) in [6, 6.07) is 23.8. The smallest absolute Gasteiger partial charge is 0.264 e. The Morgan fingerprint density at radius 1 is 0.935 bits per heavy atom. The van der Waals surface area contributed by atoms with Crippen LogP contribution in [0.5, 0.6) is 5.75 Å². The van der Waals surface area contributed by atoms with Gasteiger partial charge < -0.3 is 4.74 Å². The van der Waals surface area contributed by atoms with Gasteiger partial charge in [-0.15, -0.1) is 0 Å². The molecule has 0 spiro atoms. The third-order valence-corrected chi connectivity index (χ3v) is 6.76. The van der Waals surface area contributed by atoms with Gasteiger partial charge >= 0.3 is 0 Å². The van der Waals surface area contributed by atoms with E-state index in [0.717, 1.165) is 22.6 Å². The van der Waals surface area contributed by atoms with Crippen molar-refractivity contribution in [3.8, 4) is 11.4 Å². The molecule has 1 heterocycles. The number of aryl methyl sites for hydroxylation is 1. The molecule has 158 valence electrons. The fraction of sp³-hybridized carbons (Fsp3) is 0.125. The minimum atomic E-state index is -3.79. The number of sulfonamides is 1. The largest absolute Gasteiger partial charge is 0.497 e. The summed E-state index contributed by atoms with van der Waals surface area (Å²) in [7, 11) is -2.18. The molecule has 7 heteroatoms. The molecule has 0 saturated carbocycles. The quantitative estimate of drug-likeness (QED) is 0.428. The molecule has 0 bridgehead atoms. The van der Waals surface area contributed by atoms with Gasteiger partial charge in [0.15, 0.2) is 0 Å². The normalized spacial score (nSPS) is 11.3. The van der Waals surface area contributed by atoms with Crippen LogP contribution >= 0.6 is 0 Å². The van der Waals surface area contributed by atoms with Gasteiger partial charge in [-0.05, 0) is 48.9 Å². The maximum Gasteiger partial charge on any atom is 0.264 e. The van der Waals surface area contributed by atoms with Crippen LogP contribution in [0, 0.1) is 6.92 Å². The van der Waals surface area contributed by atoms with Crippen molar-refractivity contribution in [2.45, 2.75) is 18.4 Å². The third kappa shape index (κ3) is 4.46. The molecule has 1 aromatic heterocycles. The number of hydrogen-bond acceptors (Lipinski definition) is 4. The molecule has 0 saturated heterocycles. The standard InChI is InChI=1S/C24H23N3O3S/c1-19-8-14-24(15-9-19)31(28,29)27(17-20-6-4-3-5-7-20)22-16-25-26(18-22)21-10-12-23(30-2)13-11-21/h3-16,18H,17H2,1-2H3. The first kappa shape index (κ1) is 20.7. The van der Waals surface area contributed by atoms with E-state index in [0.29, 0.717) is 5.69 Å². The average molecular weight is 434 g/mol. The van der Waals surface area contributed by atoms with Crippen molar-refractivity contribution in [1.82, 2.24) is 9.78 Å². The zero-order valence-corrected chi connectivity index (χ0v) is 18.2. The first-order valence-corrected chi connectivity index (χ1v) is 11.2. The first-order valence-electron chi connectivity index (χ1n) is 9.80. The molecule has 4 rings (SSSR count). The highest BCUT2D eigenvalue weighted by Gasteiger charge is 2.26. The van der Waals surface area contributed by atoms with E-state index in [1.165, 1.54) is 4.31 Å². The van der Waals surface area contributed by atoms with Gasteiger partial charge in [0.1, 0.15) is 5.75 Å². The van der Waals surface area contributed by atoms with Crippen molar-refractivity contribution < 1.29 is 13.2 Å². The minimum Gasteiger partial charge on any atom is -0.497 e. The van der Waals surface area contributed by atoms with Gasteiger partial charge in [0, 0.05) is 0 Å². The first-order chi connectivity index (χ1) is 15.0. The van der Waals surface area contributed by atoms with Gasteiger partial charge in [-0.1, -0.05) is 48.0 Å². The molecule has 6 nitrogen and oxygen atoms in total. The number of hydrogen-bond donors (Lipinski definition) is 0. The van der Waals surface area contributed by atoms with Gasteiger partial charge in [0.2, 0.25) is 0 Å². The molecule has 0 atom stereocenters. The molecule has 0 aliphatic carbocycles. The monoisotopic (exact) mass is 433 g/mol. The Hall–Kier alpha value is -3.58. The molecule has 0 aliphatic rings. The maximum absolute atomic E-state index is 13.6. The van der Waals surface area contributed by atoms with E-state index in [2.05, 4.69) is 5.10 Å². The number of nitrogens with zero attached hydrogens (tertiary/aromatic N) is 3. The predicted molar refractivity (Wildman–Crippen MR) is 121 cm³/mol. The summed E-state index contributed by atoms with van der Waals surface area (Å²) in [5.74, 6) is 0.740. The van der Waals surface area contributed by atoms with Crippen LogP contribution in [-0.4, -0.2) is 25.3 Å². The van der Waals surface area contributed by atoms with E-state index in [-0.39, 0.29) is 11.4 Å². The van der Waals surface area contributed by atoms with Crippen LogP contribution in [0.2, 0.25) is 0 Å². The second-order valence-corrected chi connectivity index (χ2v) is 9.01. The van der Waals surface area contributed by atoms with Gasteiger partial charge in [-0.25, -0.2) is 13.1 Å². The summed E-state index contributed by atoms with van der Waals surface area (Å²) < 4.78 is 35.3. The number of methoxy groups -OCH3 is 1. The topological polar surface area (TPSA) is 64.4 Å². The van der Waals surface area contributed by atoms with Crippen molar-refractivity contribution >= 4 is 15.7 Å². The number of aromatic nitrogens is 2. The summed E-state index contributed by atoms with van der Waals surface area (Å²) in [5, 5.41) is 4.40. The van der Waals surface area contributed by atoms with Crippen molar-refractivity contribution in [3.05, 3.63) is 102 Å². The van der Waals surface area contributed by atoms with Gasteiger partial charge in [-0.2, -0.15) is 5.10 Å². The Labute approximate surface area is 182 Å². The van der Waals surface area contributed by atoms with Crippen LogP contribution in [0.15, 0.2) is 96.2 Å². The predicted octanol–water partition coefficient (Wildman–Crippen LogP) is 4.58. The van der Waals surface area contributed by atoms with Gasteiger partial charge in [0.05, 0.1) is 42.3 Å². The highest BCUT2D eigenvalue weighted by Crippen LogP contribution is 2.27. The van der Waals surface area contributed by atoms with Crippen molar-refractivity contribution in [2.75, 3.05) is 11.4 Å². The molecule has 0 aliphatic heterocycles. The second-order valence-electron chi connectivity index (χ2n) is 7.15. The van der Waals surface area contributed by atoms with Crippen LogP contribution < -0.4 is 9.04 Å². The Bertz CT molecular complexity index is 1250. The molecule has 0 unspecified atom stereocenters. The summed E-state index contributed by atoms with van der Waals surface area (Å²) in [6.07, 6.45) is 3.29. The lowest BCUT2D eigenvalue weighted by Gasteiger charge is -2.23. The van der Waals surface area contributed by atoms with Crippen LogP contribution in [-0.2, 0) is 16.6 Å². The Balaban J connectivity index is 1.74. The molecule has 4 aromatic rings. The summed E-state index contributed by atoms with van der Waals surface area (Å²) in [6.45, 7) is 2.13. The van der Waals surface area contributed by atoms with E-state index in [1.54, 1.807) is 48.5 Å². The highest BCUT2D eigenvalue weighted by atomic mass is 32.2. The lowest BCUT2D eigenvalue weighted by molar-refractivity contribution is 0.414. The summed E-state index contributed by atoms with van der Waals surface area (Å²) >= 11 is 0. The summed E-state index contributed by atoms with van der Waals surface area (Å²) in [5.41, 5.74) is 3.18. The minimum absolute atomic E-state index is 0.200. The maximum atomic E-state index is 13.6. The molecule has 0 fully saturated rings. The van der Waals surface area contributed by atoms with Gasteiger partial charge in [0.25, 0.3) is 10.0 Å². The van der Waals surface area contributed by atoms with E-state index in [9.17, 15) is 8.42 Å². The molecule has 3 aromatic carbocycles. The lowest BCUT2D eigenvalue weighted by Crippen LogP contribution is -2.30. The van der Waals surface area contributed by atoms with Crippen LogP contribution in [0.4, 0.5) is 5.69 Å².